The Morgan fingerprint density at radius 1 is 1.19 bits per heavy atom. The van der Waals surface area contributed by atoms with E-state index in [1.807, 2.05) is 0 Å². The van der Waals surface area contributed by atoms with Crippen molar-refractivity contribution in [1.82, 2.24) is 9.97 Å². The van der Waals surface area contributed by atoms with Gasteiger partial charge in [0.2, 0.25) is 12.5 Å². The first-order chi connectivity index (χ1) is 12.9. The van der Waals surface area contributed by atoms with Crippen molar-refractivity contribution in [3.8, 4) is 11.5 Å². The van der Waals surface area contributed by atoms with Gasteiger partial charge in [0, 0.05) is 15.9 Å². The predicted octanol–water partition coefficient (Wildman–Crippen LogP) is 1.80. The molecular weight excluding hydrogens is 354 g/mol. The summed E-state index contributed by atoms with van der Waals surface area (Å²) in [5.41, 5.74) is 12.3. The van der Waals surface area contributed by atoms with Crippen LogP contribution in [-0.2, 0) is 6.54 Å². The number of anilines is 2. The first-order valence-corrected chi connectivity index (χ1v) is 7.71. The number of fused-ring (bicyclic) bond motifs is 1. The van der Waals surface area contributed by atoms with E-state index in [4.69, 9.17) is 20.9 Å². The van der Waals surface area contributed by atoms with Crippen molar-refractivity contribution >= 4 is 28.6 Å². The molecule has 0 aliphatic heterocycles. The molecule has 0 aliphatic carbocycles. The van der Waals surface area contributed by atoms with E-state index < -0.39 is 17.4 Å². The topological polar surface area (TPSA) is 156 Å². The lowest BCUT2D eigenvalue weighted by Crippen LogP contribution is -2.11. The lowest BCUT2D eigenvalue weighted by molar-refractivity contribution is -0.496. The number of hydrogen-bond donors (Lipinski definition) is 2. The molecule has 0 saturated carbocycles. The second kappa shape index (κ2) is 7.12. The molecule has 0 spiro atoms. The Balaban J connectivity index is 1.93. The van der Waals surface area contributed by atoms with Crippen molar-refractivity contribution in [2.75, 3.05) is 18.6 Å². The van der Waals surface area contributed by atoms with Crippen molar-refractivity contribution in [3.63, 3.8) is 0 Å². The van der Waals surface area contributed by atoms with Crippen LogP contribution < -0.4 is 20.9 Å². The van der Waals surface area contributed by atoms with Crippen LogP contribution in [0.25, 0.3) is 10.9 Å². The van der Waals surface area contributed by atoms with Gasteiger partial charge in [-0.2, -0.15) is 4.98 Å². The molecule has 0 unspecified atom stereocenters. The minimum atomic E-state index is -0.730. The van der Waals surface area contributed by atoms with Crippen LogP contribution >= 0.6 is 0 Å². The van der Waals surface area contributed by atoms with Crippen molar-refractivity contribution in [1.29, 1.82) is 0 Å². The highest BCUT2D eigenvalue weighted by atomic mass is 16.6. The van der Waals surface area contributed by atoms with E-state index in [1.54, 1.807) is 6.07 Å². The third-order valence-corrected chi connectivity index (χ3v) is 3.72. The van der Waals surface area contributed by atoms with Gasteiger partial charge in [-0.1, -0.05) is 0 Å². The van der Waals surface area contributed by atoms with Crippen LogP contribution in [0.4, 0.5) is 11.8 Å². The fraction of sp³-hybridized carbons (Fsp3) is 0.118. The van der Waals surface area contributed by atoms with Gasteiger partial charge in [0.15, 0.2) is 0 Å². The Hall–Kier alpha value is -3.95. The summed E-state index contributed by atoms with van der Waals surface area (Å²) in [6.07, 6.45) is 0. The Morgan fingerprint density at radius 2 is 1.96 bits per heavy atom. The van der Waals surface area contributed by atoms with E-state index in [-0.39, 0.29) is 28.8 Å². The lowest BCUT2D eigenvalue weighted by Gasteiger charge is -2.10. The second-order valence-corrected chi connectivity index (χ2v) is 5.56. The minimum Gasteiger partial charge on any atom is -0.496 e. The van der Waals surface area contributed by atoms with E-state index in [1.165, 1.54) is 37.4 Å². The van der Waals surface area contributed by atoms with E-state index in [9.17, 15) is 14.9 Å². The van der Waals surface area contributed by atoms with Gasteiger partial charge in [0.1, 0.15) is 22.9 Å². The number of esters is 1. The number of benzene rings is 2. The summed E-state index contributed by atoms with van der Waals surface area (Å²) in [5.74, 6) is -0.0952. The van der Waals surface area contributed by atoms with E-state index in [0.717, 1.165) is 0 Å². The number of nitrogen functional groups attached to an aromatic ring is 2. The summed E-state index contributed by atoms with van der Waals surface area (Å²) in [4.78, 5) is 30.7. The Morgan fingerprint density at radius 3 is 2.67 bits per heavy atom. The van der Waals surface area contributed by atoms with Crippen LogP contribution in [0.3, 0.4) is 0 Å². The van der Waals surface area contributed by atoms with Gasteiger partial charge in [-0.05, 0) is 36.4 Å². The number of methoxy groups -OCH3 is 1. The number of nitrogens with zero attached hydrogens (tertiary/aromatic N) is 3. The van der Waals surface area contributed by atoms with E-state index in [2.05, 4.69) is 9.97 Å². The Kier molecular flexibility index (Phi) is 4.71. The highest BCUT2D eigenvalue weighted by molar-refractivity contribution is 5.95. The molecule has 0 atom stereocenters. The van der Waals surface area contributed by atoms with Crippen molar-refractivity contribution < 1.29 is 19.2 Å². The van der Waals surface area contributed by atoms with Gasteiger partial charge in [-0.3, -0.25) is 10.1 Å². The smallest absolute Gasteiger partial charge is 0.347 e. The third-order valence-electron chi connectivity index (χ3n) is 3.72. The van der Waals surface area contributed by atoms with Gasteiger partial charge in [-0.15, -0.1) is 0 Å². The van der Waals surface area contributed by atoms with E-state index in [0.29, 0.717) is 16.5 Å². The number of nitro groups is 1. The molecule has 0 fully saturated rings. The summed E-state index contributed by atoms with van der Waals surface area (Å²) in [5, 5.41) is 11.2. The average Bonchev–Trinajstić information content (AvgIpc) is 2.61. The molecule has 0 radical (unpaired) electrons. The Bertz CT molecular complexity index is 1050. The maximum absolute atomic E-state index is 12.6. The highest BCUT2D eigenvalue weighted by Gasteiger charge is 2.18. The van der Waals surface area contributed by atoms with Crippen LogP contribution in [0.1, 0.15) is 15.9 Å². The van der Waals surface area contributed by atoms with Crippen LogP contribution in [0.5, 0.6) is 11.5 Å². The van der Waals surface area contributed by atoms with Crippen LogP contribution in [0.2, 0.25) is 0 Å². The average molecular weight is 369 g/mol. The van der Waals surface area contributed by atoms with Crippen LogP contribution in [-0.4, -0.2) is 28.0 Å². The lowest BCUT2D eigenvalue weighted by atomic mass is 10.1. The third kappa shape index (κ3) is 3.84. The molecule has 10 nitrogen and oxygen atoms in total. The number of carbonyl (C=O) groups is 1. The molecule has 0 aliphatic rings. The standard InChI is InChI=1S/C17H15N5O5/c1-26-14-5-2-9(8-22(24)25)6-12(14)16(23)27-10-3-4-13-11(7-10)15(18)21-17(19)20-13/h2-7H,8H2,1H3,(H4,18,19,20,21). The summed E-state index contributed by atoms with van der Waals surface area (Å²) >= 11 is 0. The number of nitrogens with two attached hydrogens (primary N) is 2. The number of ether oxygens (including phenoxy) is 2. The van der Waals surface area contributed by atoms with Gasteiger partial charge >= 0.3 is 5.97 Å². The molecule has 1 aromatic heterocycles. The molecule has 0 amide bonds. The van der Waals surface area contributed by atoms with Gasteiger partial charge in [-0.25, -0.2) is 9.78 Å². The molecule has 0 bridgehead atoms. The second-order valence-electron chi connectivity index (χ2n) is 5.56. The summed E-state index contributed by atoms with van der Waals surface area (Å²) in [6.45, 7) is -0.421. The van der Waals surface area contributed by atoms with Crippen molar-refractivity contribution in [2.45, 2.75) is 6.54 Å². The minimum absolute atomic E-state index is 0.0390. The summed E-state index contributed by atoms with van der Waals surface area (Å²) < 4.78 is 10.5. The molecule has 27 heavy (non-hydrogen) atoms. The number of aromatic nitrogens is 2. The fourth-order valence-corrected chi connectivity index (χ4v) is 2.54. The molecule has 3 rings (SSSR count). The zero-order valence-electron chi connectivity index (χ0n) is 14.2. The van der Waals surface area contributed by atoms with E-state index >= 15 is 0 Å². The zero-order valence-corrected chi connectivity index (χ0v) is 14.2. The van der Waals surface area contributed by atoms with Gasteiger partial charge in [0.05, 0.1) is 12.6 Å². The fourth-order valence-electron chi connectivity index (χ4n) is 2.54. The monoisotopic (exact) mass is 369 g/mol. The quantitative estimate of drug-likeness (QED) is 0.296. The Labute approximate surface area is 152 Å². The zero-order chi connectivity index (χ0) is 19.6. The van der Waals surface area contributed by atoms with Gasteiger partial charge in [0.25, 0.3) is 0 Å². The largest absolute Gasteiger partial charge is 0.496 e. The van der Waals surface area contributed by atoms with Gasteiger partial charge < -0.3 is 20.9 Å². The molecule has 138 valence electrons. The molecular formula is C17H15N5O5. The van der Waals surface area contributed by atoms with Crippen molar-refractivity contribution in [2.24, 2.45) is 0 Å². The number of rotatable bonds is 5. The molecule has 0 saturated heterocycles. The first kappa shape index (κ1) is 17.9. The number of hydrogen-bond acceptors (Lipinski definition) is 9. The van der Waals surface area contributed by atoms with Crippen LogP contribution in [0.15, 0.2) is 36.4 Å². The maximum atomic E-state index is 12.6. The first-order valence-electron chi connectivity index (χ1n) is 7.71. The molecule has 2 aromatic carbocycles. The molecule has 10 heteroatoms. The molecule has 3 aromatic rings. The number of carbonyl (C=O) groups excluding carboxylic acids is 1. The summed E-state index contributed by atoms with van der Waals surface area (Å²) in [7, 11) is 1.39. The summed E-state index contributed by atoms with van der Waals surface area (Å²) in [6, 6.07) is 8.98. The molecule has 1 heterocycles. The highest BCUT2D eigenvalue weighted by Crippen LogP contribution is 2.26. The normalized spacial score (nSPS) is 10.6. The predicted molar refractivity (Wildman–Crippen MR) is 97.0 cm³/mol. The SMILES string of the molecule is COc1ccc(C[N+](=O)[O-])cc1C(=O)Oc1ccc2nc(N)nc(N)c2c1. The molecule has 4 N–H and O–H groups in total. The van der Waals surface area contributed by atoms with Crippen molar-refractivity contribution in [3.05, 3.63) is 57.6 Å². The van der Waals surface area contributed by atoms with Crippen LogP contribution in [0, 0.1) is 10.1 Å². The maximum Gasteiger partial charge on any atom is 0.347 e.